The summed E-state index contributed by atoms with van der Waals surface area (Å²) in [5, 5.41) is 8.97. The molecule has 122 valence electrons. The number of aryl methyl sites for hydroxylation is 1. The van der Waals surface area contributed by atoms with Gasteiger partial charge in [-0.1, -0.05) is 37.3 Å². The molecule has 0 heterocycles. The molecule has 0 aliphatic carbocycles. The summed E-state index contributed by atoms with van der Waals surface area (Å²) in [4.78, 5) is 11.1. The molecule has 0 fully saturated rings. The highest BCUT2D eigenvalue weighted by atomic mass is 32.2. The van der Waals surface area contributed by atoms with E-state index in [-0.39, 0.29) is 10.6 Å². The highest BCUT2D eigenvalue weighted by Gasteiger charge is 2.20. The third-order valence-electron chi connectivity index (χ3n) is 3.58. The molecule has 0 amide bonds. The standard InChI is InChI=1S/C17H18O5S/c1-3-13-6-4-5-7-16(13)23(20,21)22-15-10-8-14(9-11-15)12(2)17(18)19/h4-12H,3H2,1-2H3,(H,18,19)/t12-/m1/s1. The van der Waals surface area contributed by atoms with Gasteiger partial charge < -0.3 is 9.29 Å². The lowest BCUT2D eigenvalue weighted by Gasteiger charge is -2.11. The lowest BCUT2D eigenvalue weighted by Crippen LogP contribution is -2.12. The Morgan fingerprint density at radius 1 is 1.13 bits per heavy atom. The van der Waals surface area contributed by atoms with Crippen LogP contribution >= 0.6 is 0 Å². The molecule has 0 spiro atoms. The Balaban J connectivity index is 2.26. The minimum absolute atomic E-state index is 0.144. The monoisotopic (exact) mass is 334 g/mol. The number of hydrogen-bond acceptors (Lipinski definition) is 4. The molecular formula is C17H18O5S. The molecule has 1 N–H and O–H groups in total. The second-order valence-electron chi connectivity index (χ2n) is 5.13. The maximum absolute atomic E-state index is 12.4. The molecule has 0 aliphatic rings. The third-order valence-corrected chi connectivity index (χ3v) is 4.93. The van der Waals surface area contributed by atoms with E-state index < -0.39 is 22.0 Å². The highest BCUT2D eigenvalue weighted by molar-refractivity contribution is 7.87. The van der Waals surface area contributed by atoms with Gasteiger partial charge in [0.05, 0.1) is 5.92 Å². The Morgan fingerprint density at radius 2 is 1.74 bits per heavy atom. The van der Waals surface area contributed by atoms with Crippen molar-refractivity contribution in [2.45, 2.75) is 31.1 Å². The van der Waals surface area contributed by atoms with Crippen LogP contribution in [-0.4, -0.2) is 19.5 Å². The quantitative estimate of drug-likeness (QED) is 0.821. The van der Waals surface area contributed by atoms with Crippen molar-refractivity contribution in [2.24, 2.45) is 0 Å². The van der Waals surface area contributed by atoms with Crippen LogP contribution in [0.2, 0.25) is 0 Å². The minimum atomic E-state index is -3.92. The fraction of sp³-hybridized carbons (Fsp3) is 0.235. The van der Waals surface area contributed by atoms with Crippen molar-refractivity contribution in [3.8, 4) is 5.75 Å². The molecule has 23 heavy (non-hydrogen) atoms. The zero-order valence-corrected chi connectivity index (χ0v) is 13.7. The lowest BCUT2D eigenvalue weighted by molar-refractivity contribution is -0.138. The first kappa shape index (κ1) is 17.0. The number of rotatable bonds is 6. The summed E-state index contributed by atoms with van der Waals surface area (Å²) >= 11 is 0. The van der Waals surface area contributed by atoms with Crippen molar-refractivity contribution in [2.75, 3.05) is 0 Å². The van der Waals surface area contributed by atoms with Gasteiger partial charge in [-0.2, -0.15) is 8.42 Å². The first-order valence-corrected chi connectivity index (χ1v) is 8.61. The minimum Gasteiger partial charge on any atom is -0.481 e. The van der Waals surface area contributed by atoms with Crippen LogP contribution in [0.15, 0.2) is 53.4 Å². The van der Waals surface area contributed by atoms with E-state index >= 15 is 0 Å². The zero-order valence-electron chi connectivity index (χ0n) is 12.9. The molecule has 5 nitrogen and oxygen atoms in total. The molecule has 0 bridgehead atoms. The molecule has 2 aromatic carbocycles. The maximum Gasteiger partial charge on any atom is 0.339 e. The molecule has 2 rings (SSSR count). The van der Waals surface area contributed by atoms with Crippen LogP contribution in [0, 0.1) is 0 Å². The van der Waals surface area contributed by atoms with Gasteiger partial charge in [0.1, 0.15) is 10.6 Å². The van der Waals surface area contributed by atoms with Gasteiger partial charge in [-0.25, -0.2) is 0 Å². The molecule has 0 saturated heterocycles. The molecule has 0 saturated carbocycles. The summed E-state index contributed by atoms with van der Waals surface area (Å²) in [6.07, 6.45) is 0.577. The summed E-state index contributed by atoms with van der Waals surface area (Å²) in [5.74, 6) is -1.46. The maximum atomic E-state index is 12.4. The smallest absolute Gasteiger partial charge is 0.339 e. The summed E-state index contributed by atoms with van der Waals surface area (Å²) < 4.78 is 29.9. The van der Waals surface area contributed by atoms with Gasteiger partial charge in [-0.3, -0.25) is 4.79 Å². The van der Waals surface area contributed by atoms with Crippen molar-refractivity contribution in [1.29, 1.82) is 0 Å². The average molecular weight is 334 g/mol. The van der Waals surface area contributed by atoms with Crippen LogP contribution in [0.5, 0.6) is 5.75 Å². The topological polar surface area (TPSA) is 80.7 Å². The third kappa shape index (κ3) is 3.90. The molecule has 2 aromatic rings. The van der Waals surface area contributed by atoms with Gasteiger partial charge in [0.25, 0.3) is 0 Å². The van der Waals surface area contributed by atoms with E-state index in [4.69, 9.17) is 9.29 Å². The Labute approximate surface area is 135 Å². The number of aliphatic carboxylic acids is 1. The number of carboxylic acids is 1. The largest absolute Gasteiger partial charge is 0.481 e. The van der Waals surface area contributed by atoms with Crippen LogP contribution in [-0.2, 0) is 21.3 Å². The molecular weight excluding hydrogens is 316 g/mol. The number of carboxylic acid groups (broad SMARTS) is 1. The normalized spacial score (nSPS) is 12.6. The van der Waals surface area contributed by atoms with Crippen LogP contribution < -0.4 is 4.18 Å². The molecule has 6 heteroatoms. The van der Waals surface area contributed by atoms with Crippen molar-refractivity contribution in [3.05, 3.63) is 59.7 Å². The van der Waals surface area contributed by atoms with E-state index in [0.29, 0.717) is 17.5 Å². The Bertz CT molecular complexity index is 794. The molecule has 0 aromatic heterocycles. The summed E-state index contributed by atoms with van der Waals surface area (Å²) in [7, 11) is -3.92. The van der Waals surface area contributed by atoms with E-state index in [0.717, 1.165) is 0 Å². The first-order chi connectivity index (χ1) is 10.8. The fourth-order valence-corrected chi connectivity index (χ4v) is 3.40. The van der Waals surface area contributed by atoms with Crippen molar-refractivity contribution < 1.29 is 22.5 Å². The second-order valence-corrected chi connectivity index (χ2v) is 6.64. The molecule has 0 radical (unpaired) electrons. The Morgan fingerprint density at radius 3 is 2.30 bits per heavy atom. The Kier molecular flexibility index (Phi) is 5.05. The summed E-state index contributed by atoms with van der Waals surface area (Å²) in [6, 6.07) is 12.7. The fourth-order valence-electron chi connectivity index (χ4n) is 2.17. The van der Waals surface area contributed by atoms with Crippen LogP contribution in [0.4, 0.5) is 0 Å². The van der Waals surface area contributed by atoms with Crippen molar-refractivity contribution in [3.63, 3.8) is 0 Å². The van der Waals surface area contributed by atoms with Gasteiger partial charge in [0.15, 0.2) is 0 Å². The average Bonchev–Trinajstić information content (AvgIpc) is 2.54. The van der Waals surface area contributed by atoms with Gasteiger partial charge in [-0.05, 0) is 42.7 Å². The molecule has 0 aliphatic heterocycles. The van der Waals surface area contributed by atoms with Crippen molar-refractivity contribution in [1.82, 2.24) is 0 Å². The predicted molar refractivity (Wildman–Crippen MR) is 86.1 cm³/mol. The lowest BCUT2D eigenvalue weighted by atomic mass is 10.0. The molecule has 1 atom stereocenters. The van der Waals surface area contributed by atoms with E-state index in [9.17, 15) is 13.2 Å². The first-order valence-electron chi connectivity index (χ1n) is 7.20. The Hall–Kier alpha value is -2.34. The van der Waals surface area contributed by atoms with E-state index in [1.807, 2.05) is 6.92 Å². The van der Waals surface area contributed by atoms with Crippen LogP contribution in [0.25, 0.3) is 0 Å². The van der Waals surface area contributed by atoms with Gasteiger partial charge in [0.2, 0.25) is 0 Å². The predicted octanol–water partition coefficient (Wildman–Crippen LogP) is 3.20. The van der Waals surface area contributed by atoms with E-state index in [1.165, 1.54) is 18.2 Å². The van der Waals surface area contributed by atoms with Gasteiger partial charge >= 0.3 is 16.1 Å². The molecule has 0 unspecified atom stereocenters. The van der Waals surface area contributed by atoms with E-state index in [2.05, 4.69) is 0 Å². The zero-order chi connectivity index (χ0) is 17.0. The van der Waals surface area contributed by atoms with E-state index in [1.54, 1.807) is 37.3 Å². The number of carbonyl (C=O) groups is 1. The van der Waals surface area contributed by atoms with Crippen LogP contribution in [0.3, 0.4) is 0 Å². The van der Waals surface area contributed by atoms with Gasteiger partial charge in [0, 0.05) is 0 Å². The highest BCUT2D eigenvalue weighted by Crippen LogP contribution is 2.24. The summed E-state index contributed by atoms with van der Waals surface area (Å²) in [5.41, 5.74) is 1.26. The number of hydrogen-bond donors (Lipinski definition) is 1. The van der Waals surface area contributed by atoms with Crippen molar-refractivity contribution >= 4 is 16.1 Å². The second kappa shape index (κ2) is 6.83. The summed E-state index contributed by atoms with van der Waals surface area (Å²) in [6.45, 7) is 3.43. The van der Waals surface area contributed by atoms with Crippen LogP contribution in [0.1, 0.15) is 30.9 Å². The SMILES string of the molecule is CCc1ccccc1S(=O)(=O)Oc1ccc([C@@H](C)C(=O)O)cc1. The van der Waals surface area contributed by atoms with Gasteiger partial charge in [-0.15, -0.1) is 0 Å². The number of benzene rings is 2.